The van der Waals surface area contributed by atoms with Gasteiger partial charge in [-0.1, -0.05) is 13.8 Å². The van der Waals surface area contributed by atoms with Gasteiger partial charge >= 0.3 is 5.63 Å². The van der Waals surface area contributed by atoms with Gasteiger partial charge in [-0.15, -0.1) is 0 Å². The van der Waals surface area contributed by atoms with Crippen molar-refractivity contribution in [3.05, 3.63) is 50.4 Å². The van der Waals surface area contributed by atoms with Gasteiger partial charge in [0.25, 0.3) is 11.6 Å². The Morgan fingerprint density at radius 1 is 1.25 bits per heavy atom. The fourth-order valence-electron chi connectivity index (χ4n) is 3.37. The third-order valence-corrected chi connectivity index (χ3v) is 4.31. The number of nitro benzene ring substituents is 1. The number of non-ortho nitro benzene ring substituents is 1. The minimum atomic E-state index is -0.716. The molecule has 0 aliphatic carbocycles. The van der Waals surface area contributed by atoms with Crippen LogP contribution in [0.4, 0.5) is 5.69 Å². The van der Waals surface area contributed by atoms with Crippen molar-refractivity contribution in [3.63, 3.8) is 0 Å². The highest BCUT2D eigenvalue weighted by atomic mass is 16.6. The molecule has 1 aromatic heterocycles. The van der Waals surface area contributed by atoms with E-state index in [0.717, 1.165) is 6.42 Å². The highest BCUT2D eigenvalue weighted by Gasteiger charge is 2.28. The van der Waals surface area contributed by atoms with Gasteiger partial charge in [-0.25, -0.2) is 4.79 Å². The number of carbonyl (C=O) groups excluding carboxylic acids is 1. The van der Waals surface area contributed by atoms with Gasteiger partial charge in [0, 0.05) is 30.6 Å². The fraction of sp³-hybridized carbons (Fsp3) is 0.412. The number of likely N-dealkylation sites (tertiary alicyclic amines) is 1. The Hall–Kier alpha value is -2.70. The number of hydrogen-bond donors (Lipinski definition) is 0. The lowest BCUT2D eigenvalue weighted by Crippen LogP contribution is -2.43. The number of rotatable bonds is 2. The van der Waals surface area contributed by atoms with Crippen LogP contribution in [0.15, 0.2) is 33.5 Å². The number of hydrogen-bond acceptors (Lipinski definition) is 5. The van der Waals surface area contributed by atoms with Gasteiger partial charge in [0.15, 0.2) is 0 Å². The van der Waals surface area contributed by atoms with Crippen LogP contribution in [0.2, 0.25) is 0 Å². The Morgan fingerprint density at radius 2 is 1.92 bits per heavy atom. The molecule has 1 saturated heterocycles. The Morgan fingerprint density at radius 3 is 2.54 bits per heavy atom. The molecule has 1 aliphatic rings. The standard InChI is InChI=1S/C17H18N2O5/c1-10-5-11(2)9-18(8-10)16(20)14-7-12-6-13(19(22)23)3-4-15(12)24-17(14)21/h3-4,6-7,10-11H,5,8-9H2,1-2H3/t10-,11-/m1/s1. The molecule has 126 valence electrons. The van der Waals surface area contributed by atoms with E-state index < -0.39 is 10.5 Å². The molecule has 0 radical (unpaired) electrons. The van der Waals surface area contributed by atoms with Crippen LogP contribution in [0, 0.1) is 22.0 Å². The van der Waals surface area contributed by atoms with Crippen LogP contribution in [0.5, 0.6) is 0 Å². The first-order chi connectivity index (χ1) is 11.3. The molecule has 24 heavy (non-hydrogen) atoms. The number of piperidine rings is 1. The van der Waals surface area contributed by atoms with Gasteiger partial charge in [-0.3, -0.25) is 14.9 Å². The summed E-state index contributed by atoms with van der Waals surface area (Å²) in [5.41, 5.74) is -0.686. The maximum atomic E-state index is 12.7. The summed E-state index contributed by atoms with van der Waals surface area (Å²) in [7, 11) is 0. The van der Waals surface area contributed by atoms with E-state index in [1.165, 1.54) is 24.3 Å². The highest BCUT2D eigenvalue weighted by molar-refractivity contribution is 5.97. The number of amides is 1. The van der Waals surface area contributed by atoms with Crippen LogP contribution in [0.1, 0.15) is 30.6 Å². The molecule has 3 rings (SSSR count). The van der Waals surface area contributed by atoms with Crippen molar-refractivity contribution in [1.29, 1.82) is 0 Å². The molecule has 2 atom stereocenters. The molecule has 0 N–H and O–H groups in total. The van der Waals surface area contributed by atoms with Crippen molar-refractivity contribution >= 4 is 22.6 Å². The van der Waals surface area contributed by atoms with E-state index in [1.54, 1.807) is 4.90 Å². The first-order valence-electron chi connectivity index (χ1n) is 7.86. The second-order valence-electron chi connectivity index (χ2n) is 6.58. The van der Waals surface area contributed by atoms with Gasteiger partial charge in [-0.05, 0) is 30.4 Å². The molecule has 1 aliphatic heterocycles. The molecular formula is C17H18N2O5. The van der Waals surface area contributed by atoms with E-state index in [0.29, 0.717) is 30.3 Å². The zero-order valence-corrected chi connectivity index (χ0v) is 13.5. The molecule has 1 aromatic carbocycles. The monoisotopic (exact) mass is 330 g/mol. The number of nitro groups is 1. The smallest absolute Gasteiger partial charge is 0.349 e. The van der Waals surface area contributed by atoms with Crippen molar-refractivity contribution < 1.29 is 14.1 Å². The topological polar surface area (TPSA) is 93.7 Å². The van der Waals surface area contributed by atoms with Gasteiger partial charge in [0.1, 0.15) is 11.1 Å². The second-order valence-corrected chi connectivity index (χ2v) is 6.58. The van der Waals surface area contributed by atoms with E-state index in [4.69, 9.17) is 4.42 Å². The molecule has 2 heterocycles. The predicted octanol–water partition coefficient (Wildman–Crippen LogP) is 2.82. The summed E-state index contributed by atoms with van der Waals surface area (Å²) in [4.78, 5) is 36.9. The predicted molar refractivity (Wildman–Crippen MR) is 88.0 cm³/mol. The minimum absolute atomic E-state index is 0.0794. The van der Waals surface area contributed by atoms with Crippen molar-refractivity contribution in [2.24, 2.45) is 11.8 Å². The van der Waals surface area contributed by atoms with E-state index >= 15 is 0 Å². The van der Waals surface area contributed by atoms with Gasteiger partial charge in [0.05, 0.1) is 4.92 Å². The zero-order chi connectivity index (χ0) is 17.4. The molecule has 0 unspecified atom stereocenters. The molecule has 0 saturated carbocycles. The number of fused-ring (bicyclic) bond motifs is 1. The molecule has 0 spiro atoms. The quantitative estimate of drug-likeness (QED) is 0.479. The van der Waals surface area contributed by atoms with E-state index in [2.05, 4.69) is 13.8 Å². The summed E-state index contributed by atoms with van der Waals surface area (Å²) < 4.78 is 5.17. The molecule has 1 fully saturated rings. The molecule has 0 bridgehead atoms. The second kappa shape index (κ2) is 6.07. The van der Waals surface area contributed by atoms with Crippen LogP contribution >= 0.6 is 0 Å². The first-order valence-corrected chi connectivity index (χ1v) is 7.86. The van der Waals surface area contributed by atoms with Crippen LogP contribution < -0.4 is 5.63 Å². The minimum Gasteiger partial charge on any atom is -0.422 e. The SMILES string of the molecule is C[C@@H]1C[C@@H](C)CN(C(=O)c2cc3cc([N+](=O)[O-])ccc3oc2=O)C1. The summed E-state index contributed by atoms with van der Waals surface area (Å²) >= 11 is 0. The lowest BCUT2D eigenvalue weighted by molar-refractivity contribution is -0.384. The lowest BCUT2D eigenvalue weighted by atomic mass is 9.91. The van der Waals surface area contributed by atoms with E-state index in [1.807, 2.05) is 0 Å². The van der Waals surface area contributed by atoms with Gasteiger partial charge in [-0.2, -0.15) is 0 Å². The van der Waals surface area contributed by atoms with Crippen molar-refractivity contribution in [2.45, 2.75) is 20.3 Å². The fourth-order valence-corrected chi connectivity index (χ4v) is 3.37. The van der Waals surface area contributed by atoms with Gasteiger partial charge in [0.2, 0.25) is 0 Å². The van der Waals surface area contributed by atoms with Crippen LogP contribution in [0.25, 0.3) is 11.0 Å². The van der Waals surface area contributed by atoms with Crippen LogP contribution in [-0.4, -0.2) is 28.8 Å². The summed E-state index contributed by atoms with van der Waals surface area (Å²) in [6.45, 7) is 5.33. The largest absolute Gasteiger partial charge is 0.422 e. The van der Waals surface area contributed by atoms with Crippen LogP contribution in [-0.2, 0) is 0 Å². The Bertz CT molecular complexity index is 863. The zero-order valence-electron chi connectivity index (χ0n) is 13.5. The number of carbonyl (C=O) groups is 1. The molecule has 2 aromatic rings. The number of nitrogens with zero attached hydrogens (tertiary/aromatic N) is 2. The first kappa shape index (κ1) is 16.2. The maximum Gasteiger partial charge on any atom is 0.349 e. The van der Waals surface area contributed by atoms with Crippen LogP contribution in [0.3, 0.4) is 0 Å². The average molecular weight is 330 g/mol. The summed E-state index contributed by atoms with van der Waals surface area (Å²) in [5, 5.41) is 11.3. The molecule has 7 heteroatoms. The van der Waals surface area contributed by atoms with Crippen molar-refractivity contribution in [3.8, 4) is 0 Å². The summed E-state index contributed by atoms with van der Waals surface area (Å²) in [6, 6.07) is 5.33. The lowest BCUT2D eigenvalue weighted by Gasteiger charge is -2.34. The summed E-state index contributed by atoms with van der Waals surface area (Å²) in [6.07, 6.45) is 1.04. The summed E-state index contributed by atoms with van der Waals surface area (Å²) in [5.74, 6) is 0.355. The molecule has 1 amide bonds. The average Bonchev–Trinajstić information content (AvgIpc) is 2.52. The Labute approximate surface area is 138 Å². The molecule has 7 nitrogen and oxygen atoms in total. The maximum absolute atomic E-state index is 12.7. The highest BCUT2D eigenvalue weighted by Crippen LogP contribution is 2.24. The van der Waals surface area contributed by atoms with E-state index in [9.17, 15) is 19.7 Å². The van der Waals surface area contributed by atoms with Gasteiger partial charge < -0.3 is 9.32 Å². The van der Waals surface area contributed by atoms with Crippen molar-refractivity contribution in [1.82, 2.24) is 4.90 Å². The number of benzene rings is 1. The molecular weight excluding hydrogens is 312 g/mol. The Kier molecular flexibility index (Phi) is 4.09. The normalized spacial score (nSPS) is 21.0. The van der Waals surface area contributed by atoms with Crippen molar-refractivity contribution in [2.75, 3.05) is 13.1 Å². The van der Waals surface area contributed by atoms with E-state index in [-0.39, 0.29) is 22.7 Å². The Balaban J connectivity index is 2.01. The third kappa shape index (κ3) is 3.02. The third-order valence-electron chi connectivity index (χ3n) is 4.31.